The van der Waals surface area contributed by atoms with Crippen LogP contribution in [-0.2, 0) is 0 Å². The van der Waals surface area contributed by atoms with Gasteiger partial charge in [-0.15, -0.1) is 0 Å². The summed E-state index contributed by atoms with van der Waals surface area (Å²) in [6, 6.07) is 8.88. The van der Waals surface area contributed by atoms with Crippen LogP contribution in [0.25, 0.3) is 0 Å². The second-order valence-electron chi connectivity index (χ2n) is 4.26. The normalized spacial score (nSPS) is 12.2. The Labute approximate surface area is 119 Å². The van der Waals surface area contributed by atoms with Gasteiger partial charge < -0.3 is 20.1 Å². The molecule has 7 heteroatoms. The smallest absolute Gasteiger partial charge is 0.387 e. The zero-order valence-electron chi connectivity index (χ0n) is 10.9. The zero-order valence-corrected chi connectivity index (χ0v) is 10.9. The van der Waals surface area contributed by atoms with Crippen molar-refractivity contribution in [3.8, 4) is 5.75 Å². The van der Waals surface area contributed by atoms with Crippen molar-refractivity contribution in [2.45, 2.75) is 12.7 Å². The van der Waals surface area contributed by atoms with Gasteiger partial charge in [0, 0.05) is 12.7 Å². The van der Waals surface area contributed by atoms with Gasteiger partial charge in [0.2, 0.25) is 0 Å². The van der Waals surface area contributed by atoms with Crippen LogP contribution in [0.5, 0.6) is 5.75 Å². The number of halogens is 2. The summed E-state index contributed by atoms with van der Waals surface area (Å²) < 4.78 is 28.2. The largest absolute Gasteiger partial charge is 0.435 e. The molecular formula is C14H14F2N2O3. The molecule has 1 amide bonds. The molecule has 3 N–H and O–H groups in total. The number of aromatic nitrogens is 1. The van der Waals surface area contributed by atoms with Crippen LogP contribution in [-0.4, -0.2) is 29.2 Å². The fourth-order valence-corrected chi connectivity index (χ4v) is 1.75. The highest BCUT2D eigenvalue weighted by molar-refractivity contribution is 5.92. The van der Waals surface area contributed by atoms with Crippen LogP contribution in [0.4, 0.5) is 8.78 Å². The molecule has 0 fully saturated rings. The van der Waals surface area contributed by atoms with Gasteiger partial charge in [-0.1, -0.05) is 12.1 Å². The quantitative estimate of drug-likeness (QED) is 0.764. The van der Waals surface area contributed by atoms with Crippen molar-refractivity contribution in [3.63, 3.8) is 0 Å². The number of ether oxygens (including phenoxy) is 1. The molecule has 2 aromatic rings. The van der Waals surface area contributed by atoms with Gasteiger partial charge in [0.25, 0.3) is 5.91 Å². The fourth-order valence-electron chi connectivity index (χ4n) is 1.75. The lowest BCUT2D eigenvalue weighted by atomic mass is 10.1. The molecule has 1 aromatic heterocycles. The van der Waals surface area contributed by atoms with Crippen molar-refractivity contribution in [1.82, 2.24) is 10.3 Å². The average molecular weight is 296 g/mol. The van der Waals surface area contributed by atoms with E-state index in [1.165, 1.54) is 24.3 Å². The molecule has 1 aromatic carbocycles. The van der Waals surface area contributed by atoms with Crippen LogP contribution in [0, 0.1) is 0 Å². The van der Waals surface area contributed by atoms with E-state index >= 15 is 0 Å². The monoisotopic (exact) mass is 296 g/mol. The van der Waals surface area contributed by atoms with Crippen molar-refractivity contribution in [1.29, 1.82) is 0 Å². The summed E-state index contributed by atoms with van der Waals surface area (Å²) in [5.74, 6) is -0.326. The van der Waals surface area contributed by atoms with Crippen LogP contribution < -0.4 is 10.1 Å². The number of aliphatic hydroxyl groups is 1. The van der Waals surface area contributed by atoms with E-state index in [0.717, 1.165) is 0 Å². The highest BCUT2D eigenvalue weighted by Crippen LogP contribution is 2.19. The minimum Gasteiger partial charge on any atom is -0.435 e. The number of rotatable bonds is 6. The maximum Gasteiger partial charge on any atom is 0.387 e. The molecule has 0 saturated heterocycles. The molecule has 0 saturated carbocycles. The Hall–Kier alpha value is -2.41. The van der Waals surface area contributed by atoms with Gasteiger partial charge in [0.1, 0.15) is 11.4 Å². The van der Waals surface area contributed by atoms with Crippen molar-refractivity contribution >= 4 is 5.91 Å². The van der Waals surface area contributed by atoms with E-state index in [4.69, 9.17) is 0 Å². The first-order valence-electron chi connectivity index (χ1n) is 6.20. The third-order valence-electron chi connectivity index (χ3n) is 2.79. The van der Waals surface area contributed by atoms with E-state index in [2.05, 4.69) is 15.0 Å². The minimum absolute atomic E-state index is 0.00685. The summed E-state index contributed by atoms with van der Waals surface area (Å²) in [5, 5.41) is 12.5. The van der Waals surface area contributed by atoms with Crippen LogP contribution in [0.15, 0.2) is 42.6 Å². The standard InChI is InChI=1S/C14H14F2N2O3/c15-14(16)21-10-5-3-9(4-6-10)12(19)8-18-13(20)11-2-1-7-17-11/h1-7,12,14,17,19H,8H2,(H,18,20)/t12-/m1/s1. The molecule has 5 nitrogen and oxygen atoms in total. The van der Waals surface area contributed by atoms with Gasteiger partial charge in [-0.3, -0.25) is 4.79 Å². The average Bonchev–Trinajstić information content (AvgIpc) is 2.99. The van der Waals surface area contributed by atoms with Gasteiger partial charge in [0.15, 0.2) is 0 Å². The van der Waals surface area contributed by atoms with E-state index in [0.29, 0.717) is 11.3 Å². The van der Waals surface area contributed by atoms with Crippen molar-refractivity contribution in [3.05, 3.63) is 53.9 Å². The molecule has 0 radical (unpaired) electrons. The van der Waals surface area contributed by atoms with Gasteiger partial charge in [-0.2, -0.15) is 8.78 Å². The third kappa shape index (κ3) is 4.28. The van der Waals surface area contributed by atoms with Gasteiger partial charge in [-0.25, -0.2) is 0 Å². The Morgan fingerprint density at radius 3 is 2.57 bits per heavy atom. The Kier molecular flexibility index (Phi) is 4.89. The van der Waals surface area contributed by atoms with Crippen LogP contribution >= 0.6 is 0 Å². The highest BCUT2D eigenvalue weighted by Gasteiger charge is 2.12. The summed E-state index contributed by atoms with van der Waals surface area (Å²) in [6.45, 7) is -2.88. The molecular weight excluding hydrogens is 282 g/mol. The Balaban J connectivity index is 1.88. The molecule has 1 heterocycles. The third-order valence-corrected chi connectivity index (χ3v) is 2.79. The predicted octanol–water partition coefficient (Wildman–Crippen LogP) is 2.08. The Morgan fingerprint density at radius 2 is 2.00 bits per heavy atom. The maximum absolute atomic E-state index is 12.0. The van der Waals surface area contributed by atoms with Crippen molar-refractivity contribution < 1.29 is 23.4 Å². The Morgan fingerprint density at radius 1 is 1.29 bits per heavy atom. The molecule has 0 aliphatic rings. The highest BCUT2D eigenvalue weighted by atomic mass is 19.3. The number of nitrogens with one attached hydrogen (secondary N) is 2. The lowest BCUT2D eigenvalue weighted by molar-refractivity contribution is -0.0498. The second kappa shape index (κ2) is 6.85. The van der Waals surface area contributed by atoms with Crippen LogP contribution in [0.2, 0.25) is 0 Å². The Bertz CT molecular complexity index is 570. The molecule has 0 bridgehead atoms. The second-order valence-corrected chi connectivity index (χ2v) is 4.26. The number of benzene rings is 1. The summed E-state index contributed by atoms with van der Waals surface area (Å²) >= 11 is 0. The minimum atomic E-state index is -2.89. The molecule has 0 aliphatic heterocycles. The number of hydrogen-bond acceptors (Lipinski definition) is 3. The number of aliphatic hydroxyl groups excluding tert-OH is 1. The number of H-pyrrole nitrogens is 1. The maximum atomic E-state index is 12.0. The summed E-state index contributed by atoms with van der Waals surface area (Å²) in [5.41, 5.74) is 0.881. The van der Waals surface area contributed by atoms with E-state index < -0.39 is 12.7 Å². The van der Waals surface area contributed by atoms with Crippen LogP contribution in [0.1, 0.15) is 22.2 Å². The van der Waals surface area contributed by atoms with Gasteiger partial charge in [-0.05, 0) is 29.8 Å². The summed E-state index contributed by atoms with van der Waals surface area (Å²) in [6.07, 6.45) is 0.678. The molecule has 21 heavy (non-hydrogen) atoms. The number of carbonyl (C=O) groups is 1. The van der Waals surface area contributed by atoms with Crippen molar-refractivity contribution in [2.75, 3.05) is 6.54 Å². The molecule has 2 rings (SSSR count). The lowest BCUT2D eigenvalue weighted by Gasteiger charge is -2.12. The molecule has 0 aliphatic carbocycles. The van der Waals surface area contributed by atoms with Crippen molar-refractivity contribution in [2.24, 2.45) is 0 Å². The zero-order chi connectivity index (χ0) is 15.2. The predicted molar refractivity (Wildman–Crippen MR) is 71.2 cm³/mol. The van der Waals surface area contributed by atoms with E-state index in [9.17, 15) is 18.7 Å². The first kappa shape index (κ1) is 15.0. The van der Waals surface area contributed by atoms with Gasteiger partial charge >= 0.3 is 6.61 Å². The number of carbonyl (C=O) groups excluding carboxylic acids is 1. The molecule has 0 spiro atoms. The topological polar surface area (TPSA) is 74.3 Å². The summed E-state index contributed by atoms with van der Waals surface area (Å²) in [4.78, 5) is 14.4. The molecule has 0 unspecified atom stereocenters. The molecule has 112 valence electrons. The molecule has 1 atom stereocenters. The first-order chi connectivity index (χ1) is 10.1. The number of hydrogen-bond donors (Lipinski definition) is 3. The lowest BCUT2D eigenvalue weighted by Crippen LogP contribution is -2.28. The number of alkyl halides is 2. The van der Waals surface area contributed by atoms with E-state index in [1.54, 1.807) is 18.3 Å². The van der Waals surface area contributed by atoms with Gasteiger partial charge in [0.05, 0.1) is 6.10 Å². The van der Waals surface area contributed by atoms with Crippen LogP contribution in [0.3, 0.4) is 0 Å². The number of aromatic amines is 1. The number of amides is 1. The fraction of sp³-hybridized carbons (Fsp3) is 0.214. The van der Waals surface area contributed by atoms with E-state index in [-0.39, 0.29) is 18.2 Å². The SMILES string of the molecule is O=C(NC[C@@H](O)c1ccc(OC(F)F)cc1)c1ccc[nH]1. The first-order valence-corrected chi connectivity index (χ1v) is 6.20. The van der Waals surface area contributed by atoms with E-state index in [1.807, 2.05) is 0 Å². The summed E-state index contributed by atoms with van der Waals surface area (Å²) in [7, 11) is 0.